The maximum absolute atomic E-state index is 11.7. The van der Waals surface area contributed by atoms with Crippen LogP contribution in [0.3, 0.4) is 0 Å². The average Bonchev–Trinajstić information content (AvgIpc) is 3.03. The molecule has 1 aromatic carbocycles. The molecule has 0 bridgehead atoms. The Kier molecular flexibility index (Phi) is 6.02. The zero-order chi connectivity index (χ0) is 17.5. The first kappa shape index (κ1) is 17.6. The molecule has 0 saturated heterocycles. The summed E-state index contributed by atoms with van der Waals surface area (Å²) in [6.45, 7) is 3.17. The van der Waals surface area contributed by atoms with E-state index in [2.05, 4.69) is 5.10 Å². The van der Waals surface area contributed by atoms with Crippen LogP contribution in [-0.2, 0) is 22.7 Å². The van der Waals surface area contributed by atoms with E-state index in [0.29, 0.717) is 19.8 Å². The lowest BCUT2D eigenvalue weighted by Crippen LogP contribution is -2.33. The summed E-state index contributed by atoms with van der Waals surface area (Å²) in [5.74, 6) is -0.608. The largest absolute Gasteiger partial charge is 0.469 e. The molecule has 1 heterocycles. The van der Waals surface area contributed by atoms with E-state index in [1.54, 1.807) is 6.92 Å². The van der Waals surface area contributed by atoms with Gasteiger partial charge in [0.15, 0.2) is 0 Å². The van der Waals surface area contributed by atoms with Crippen molar-refractivity contribution in [3.8, 4) is 0 Å². The van der Waals surface area contributed by atoms with Gasteiger partial charge in [-0.25, -0.2) is 0 Å². The molecular formula is C16H20N4O4. The van der Waals surface area contributed by atoms with Crippen LogP contribution in [-0.4, -0.2) is 39.2 Å². The number of methoxy groups -OCH3 is 1. The molecule has 24 heavy (non-hydrogen) atoms. The van der Waals surface area contributed by atoms with E-state index in [-0.39, 0.29) is 17.6 Å². The van der Waals surface area contributed by atoms with Crippen molar-refractivity contribution < 1.29 is 14.5 Å². The SMILES string of the molecule is COC(=O)[C@H](C)CN(Cc1ccccc1)Cn1cc([N+](=O)[O-])cn1. The number of carbonyl (C=O) groups excluding carboxylic acids is 1. The second-order valence-corrected chi connectivity index (χ2v) is 5.56. The molecule has 0 aliphatic rings. The van der Waals surface area contributed by atoms with Crippen LogP contribution in [0.1, 0.15) is 12.5 Å². The Bertz CT molecular complexity index is 686. The summed E-state index contributed by atoms with van der Waals surface area (Å²) in [5.41, 5.74) is 1.02. The molecule has 2 rings (SSSR count). The van der Waals surface area contributed by atoms with Crippen LogP contribution in [0.4, 0.5) is 5.69 Å². The number of benzene rings is 1. The van der Waals surface area contributed by atoms with Crippen LogP contribution < -0.4 is 0 Å². The van der Waals surface area contributed by atoms with Crippen molar-refractivity contribution in [1.29, 1.82) is 0 Å². The zero-order valence-corrected chi connectivity index (χ0v) is 13.7. The standard InChI is InChI=1S/C16H20N4O4/c1-13(16(21)24-2)9-18(10-14-6-4-3-5-7-14)12-19-11-15(8-17-19)20(22)23/h3-8,11,13H,9-10,12H2,1-2H3/t13-/m1/s1. The normalized spacial score (nSPS) is 12.1. The summed E-state index contributed by atoms with van der Waals surface area (Å²) in [5, 5.41) is 14.8. The predicted octanol–water partition coefficient (Wildman–Crippen LogP) is 2.06. The lowest BCUT2D eigenvalue weighted by molar-refractivity contribution is -0.385. The van der Waals surface area contributed by atoms with Gasteiger partial charge in [0.05, 0.1) is 24.6 Å². The highest BCUT2D eigenvalue weighted by molar-refractivity contribution is 5.72. The number of esters is 1. The third-order valence-corrected chi connectivity index (χ3v) is 3.56. The van der Waals surface area contributed by atoms with Gasteiger partial charge in [-0.15, -0.1) is 0 Å². The number of aromatic nitrogens is 2. The van der Waals surface area contributed by atoms with E-state index in [0.717, 1.165) is 5.56 Å². The van der Waals surface area contributed by atoms with E-state index in [9.17, 15) is 14.9 Å². The smallest absolute Gasteiger partial charge is 0.309 e. The Balaban J connectivity index is 2.11. The van der Waals surface area contributed by atoms with Gasteiger partial charge in [-0.1, -0.05) is 37.3 Å². The van der Waals surface area contributed by atoms with Gasteiger partial charge in [-0.3, -0.25) is 24.5 Å². The molecule has 0 fully saturated rings. The Labute approximate surface area is 139 Å². The average molecular weight is 332 g/mol. The molecule has 0 aliphatic heterocycles. The van der Waals surface area contributed by atoms with Gasteiger partial charge in [0.1, 0.15) is 12.4 Å². The van der Waals surface area contributed by atoms with Crippen molar-refractivity contribution in [3.63, 3.8) is 0 Å². The Morgan fingerprint density at radius 1 is 1.42 bits per heavy atom. The van der Waals surface area contributed by atoms with Crippen molar-refractivity contribution in [2.75, 3.05) is 13.7 Å². The van der Waals surface area contributed by atoms with E-state index >= 15 is 0 Å². The van der Waals surface area contributed by atoms with Crippen molar-refractivity contribution in [2.45, 2.75) is 20.1 Å². The van der Waals surface area contributed by atoms with E-state index in [1.165, 1.54) is 24.2 Å². The quantitative estimate of drug-likeness (QED) is 0.417. The van der Waals surface area contributed by atoms with Gasteiger partial charge in [0.2, 0.25) is 0 Å². The fraction of sp³-hybridized carbons (Fsp3) is 0.375. The Hall–Kier alpha value is -2.74. The van der Waals surface area contributed by atoms with E-state index in [1.807, 2.05) is 35.2 Å². The third kappa shape index (κ3) is 4.88. The molecule has 0 aliphatic carbocycles. The lowest BCUT2D eigenvalue weighted by Gasteiger charge is -2.24. The summed E-state index contributed by atoms with van der Waals surface area (Å²) < 4.78 is 6.26. The second-order valence-electron chi connectivity index (χ2n) is 5.56. The van der Waals surface area contributed by atoms with Gasteiger partial charge in [-0.05, 0) is 5.56 Å². The van der Waals surface area contributed by atoms with Gasteiger partial charge in [0.25, 0.3) is 0 Å². The van der Waals surface area contributed by atoms with Crippen molar-refractivity contribution in [3.05, 3.63) is 58.4 Å². The van der Waals surface area contributed by atoms with Crippen LogP contribution in [0.15, 0.2) is 42.7 Å². The molecule has 8 nitrogen and oxygen atoms in total. The molecule has 0 saturated carbocycles. The summed E-state index contributed by atoms with van der Waals surface area (Å²) >= 11 is 0. The third-order valence-electron chi connectivity index (χ3n) is 3.56. The molecule has 0 amide bonds. The summed E-state index contributed by atoms with van der Waals surface area (Å²) in [7, 11) is 1.36. The topological polar surface area (TPSA) is 90.5 Å². The highest BCUT2D eigenvalue weighted by atomic mass is 16.6. The van der Waals surface area contributed by atoms with E-state index < -0.39 is 4.92 Å². The van der Waals surface area contributed by atoms with Crippen LogP contribution in [0.2, 0.25) is 0 Å². The molecule has 0 unspecified atom stereocenters. The van der Waals surface area contributed by atoms with Gasteiger partial charge < -0.3 is 4.74 Å². The summed E-state index contributed by atoms with van der Waals surface area (Å²) in [6.07, 6.45) is 2.59. The maximum atomic E-state index is 11.7. The highest BCUT2D eigenvalue weighted by Crippen LogP contribution is 2.12. The molecule has 2 aromatic rings. The molecule has 0 N–H and O–H groups in total. The minimum Gasteiger partial charge on any atom is -0.469 e. The molecule has 8 heteroatoms. The number of nitro groups is 1. The van der Waals surface area contributed by atoms with Crippen LogP contribution in [0.25, 0.3) is 0 Å². The molecule has 128 valence electrons. The number of hydrogen-bond acceptors (Lipinski definition) is 6. The summed E-state index contributed by atoms with van der Waals surface area (Å²) in [6, 6.07) is 9.79. The monoisotopic (exact) mass is 332 g/mol. The van der Waals surface area contributed by atoms with E-state index in [4.69, 9.17) is 4.74 Å². The first-order valence-electron chi connectivity index (χ1n) is 7.50. The lowest BCUT2D eigenvalue weighted by atomic mass is 10.1. The fourth-order valence-corrected chi connectivity index (χ4v) is 2.41. The number of hydrogen-bond donors (Lipinski definition) is 0. The predicted molar refractivity (Wildman–Crippen MR) is 86.9 cm³/mol. The maximum Gasteiger partial charge on any atom is 0.309 e. The number of carbonyl (C=O) groups is 1. The van der Waals surface area contributed by atoms with Crippen molar-refractivity contribution in [2.24, 2.45) is 5.92 Å². The summed E-state index contributed by atoms with van der Waals surface area (Å²) in [4.78, 5) is 24.0. The minimum absolute atomic E-state index is 0.0596. The molecule has 0 spiro atoms. The molecule has 0 radical (unpaired) electrons. The van der Waals surface area contributed by atoms with Crippen LogP contribution in [0.5, 0.6) is 0 Å². The van der Waals surface area contributed by atoms with Crippen LogP contribution in [0, 0.1) is 16.0 Å². The number of ether oxygens (including phenoxy) is 1. The van der Waals surface area contributed by atoms with Gasteiger partial charge in [-0.2, -0.15) is 5.10 Å². The first-order valence-corrected chi connectivity index (χ1v) is 7.50. The highest BCUT2D eigenvalue weighted by Gasteiger charge is 2.19. The molecule has 1 atom stereocenters. The molecule has 1 aromatic heterocycles. The Morgan fingerprint density at radius 3 is 2.71 bits per heavy atom. The van der Waals surface area contributed by atoms with Gasteiger partial charge >= 0.3 is 11.7 Å². The number of rotatable bonds is 8. The fourth-order valence-electron chi connectivity index (χ4n) is 2.41. The van der Waals surface area contributed by atoms with Crippen molar-refractivity contribution >= 4 is 11.7 Å². The zero-order valence-electron chi connectivity index (χ0n) is 13.7. The van der Waals surface area contributed by atoms with Crippen LogP contribution >= 0.6 is 0 Å². The van der Waals surface area contributed by atoms with Crippen molar-refractivity contribution in [1.82, 2.24) is 14.7 Å². The first-order chi connectivity index (χ1) is 11.5. The molecular weight excluding hydrogens is 312 g/mol. The number of nitrogens with zero attached hydrogens (tertiary/aromatic N) is 4. The van der Waals surface area contributed by atoms with Gasteiger partial charge in [0, 0.05) is 13.1 Å². The second kappa shape index (κ2) is 8.21. The minimum atomic E-state index is -0.484. The Morgan fingerprint density at radius 2 is 2.12 bits per heavy atom.